The summed E-state index contributed by atoms with van der Waals surface area (Å²) in [5.41, 5.74) is 1.84. The lowest BCUT2D eigenvalue weighted by Crippen LogP contribution is -2.59. The number of fused-ring (bicyclic) bond motifs is 1. The molecule has 2 aromatic carbocycles. The number of likely N-dealkylation sites (N-methyl/N-ethyl adjacent to an activating group) is 1. The maximum atomic E-state index is 13.5. The smallest absolute Gasteiger partial charge is 0.320 e. The first-order valence-electron chi connectivity index (χ1n) is 11.1. The Hall–Kier alpha value is -2.47. The summed E-state index contributed by atoms with van der Waals surface area (Å²) in [5.74, 6) is -0.470. The van der Waals surface area contributed by atoms with E-state index in [-0.39, 0.29) is 41.2 Å². The Morgan fingerprint density at radius 1 is 1.00 bits per heavy atom. The highest BCUT2D eigenvalue weighted by Gasteiger charge is 2.52. The van der Waals surface area contributed by atoms with Crippen molar-refractivity contribution >= 4 is 6.03 Å². The van der Waals surface area contributed by atoms with Gasteiger partial charge in [0.05, 0.1) is 11.6 Å². The Kier molecular flexibility index (Phi) is 6.02. The minimum atomic E-state index is -0.264. The average Bonchev–Trinajstić information content (AvgIpc) is 2.94. The van der Waals surface area contributed by atoms with Crippen molar-refractivity contribution in [1.82, 2.24) is 15.1 Å². The molecule has 1 N–H and O–H groups in total. The number of halogens is 2. The highest BCUT2D eigenvalue weighted by atomic mass is 19.1. The number of carbonyl (C=O) groups is 1. The zero-order chi connectivity index (χ0) is 22.2. The van der Waals surface area contributed by atoms with Crippen LogP contribution in [-0.4, -0.2) is 53.6 Å². The van der Waals surface area contributed by atoms with Gasteiger partial charge < -0.3 is 15.1 Å². The molecule has 0 bridgehead atoms. The first-order chi connectivity index (χ1) is 14.8. The van der Waals surface area contributed by atoms with Crippen molar-refractivity contribution in [2.24, 2.45) is 0 Å². The molecular weight excluding hydrogens is 396 g/mol. The Morgan fingerprint density at radius 3 is 2.10 bits per heavy atom. The van der Waals surface area contributed by atoms with Crippen LogP contribution in [0.25, 0.3) is 0 Å². The molecule has 0 radical (unpaired) electrons. The van der Waals surface area contributed by atoms with E-state index in [1.807, 2.05) is 36.2 Å². The first kappa shape index (κ1) is 21.8. The fraction of sp³-hybridized carbons (Fsp3) is 0.480. The third kappa shape index (κ3) is 4.18. The SMILES string of the molecule is CN1C(=O)N2C(CCCC(c3ccc(F)cc3)c3ccc(F)cc3)CNCC2C1(C)C. The molecule has 2 fully saturated rings. The van der Waals surface area contributed by atoms with Crippen molar-refractivity contribution in [1.29, 1.82) is 0 Å². The monoisotopic (exact) mass is 427 g/mol. The summed E-state index contributed by atoms with van der Waals surface area (Å²) >= 11 is 0. The van der Waals surface area contributed by atoms with E-state index in [9.17, 15) is 13.6 Å². The highest BCUT2D eigenvalue weighted by Crippen LogP contribution is 2.36. The quantitative estimate of drug-likeness (QED) is 0.722. The lowest BCUT2D eigenvalue weighted by Gasteiger charge is -2.41. The predicted molar refractivity (Wildman–Crippen MR) is 118 cm³/mol. The summed E-state index contributed by atoms with van der Waals surface area (Å²) in [5, 5.41) is 3.51. The van der Waals surface area contributed by atoms with E-state index < -0.39 is 0 Å². The fourth-order valence-electron chi connectivity index (χ4n) is 5.08. The molecule has 166 valence electrons. The molecule has 2 atom stereocenters. The van der Waals surface area contributed by atoms with Crippen LogP contribution in [0, 0.1) is 11.6 Å². The summed E-state index contributed by atoms with van der Waals surface area (Å²) < 4.78 is 26.9. The Morgan fingerprint density at radius 2 is 1.55 bits per heavy atom. The predicted octanol–water partition coefficient (Wildman–Crippen LogP) is 4.75. The molecule has 2 aliphatic rings. The molecule has 2 aromatic rings. The number of urea groups is 1. The van der Waals surface area contributed by atoms with Crippen LogP contribution < -0.4 is 5.32 Å². The van der Waals surface area contributed by atoms with E-state index in [0.717, 1.165) is 43.5 Å². The van der Waals surface area contributed by atoms with Crippen LogP contribution in [-0.2, 0) is 0 Å². The molecule has 2 unspecified atom stereocenters. The number of nitrogens with one attached hydrogen (secondary N) is 1. The van der Waals surface area contributed by atoms with Crippen molar-refractivity contribution in [3.63, 3.8) is 0 Å². The van der Waals surface area contributed by atoms with Gasteiger partial charge in [0.2, 0.25) is 0 Å². The van der Waals surface area contributed by atoms with Gasteiger partial charge in [0.25, 0.3) is 0 Å². The maximum absolute atomic E-state index is 13.5. The van der Waals surface area contributed by atoms with Gasteiger partial charge in [-0.05, 0) is 62.1 Å². The van der Waals surface area contributed by atoms with Gasteiger partial charge in [0.15, 0.2) is 0 Å². The lowest BCUT2D eigenvalue weighted by molar-refractivity contribution is 0.121. The molecule has 2 saturated heterocycles. The van der Waals surface area contributed by atoms with Crippen molar-refractivity contribution in [2.75, 3.05) is 20.1 Å². The van der Waals surface area contributed by atoms with Crippen molar-refractivity contribution in [3.8, 4) is 0 Å². The minimum absolute atomic E-state index is 0.0574. The van der Waals surface area contributed by atoms with Crippen LogP contribution >= 0.6 is 0 Å². The molecule has 0 spiro atoms. The molecule has 0 aliphatic carbocycles. The van der Waals surface area contributed by atoms with E-state index in [1.54, 1.807) is 0 Å². The molecule has 31 heavy (non-hydrogen) atoms. The topological polar surface area (TPSA) is 35.6 Å². The van der Waals surface area contributed by atoms with Gasteiger partial charge in [-0.3, -0.25) is 0 Å². The van der Waals surface area contributed by atoms with Gasteiger partial charge in [-0.15, -0.1) is 0 Å². The van der Waals surface area contributed by atoms with E-state index in [1.165, 1.54) is 24.3 Å². The van der Waals surface area contributed by atoms with E-state index in [2.05, 4.69) is 24.1 Å². The molecule has 2 amide bonds. The normalized spacial score (nSPS) is 22.8. The van der Waals surface area contributed by atoms with Gasteiger partial charge >= 0.3 is 6.03 Å². The van der Waals surface area contributed by atoms with E-state index >= 15 is 0 Å². The van der Waals surface area contributed by atoms with Gasteiger partial charge in [0, 0.05) is 32.1 Å². The Bertz CT molecular complexity index is 868. The largest absolute Gasteiger partial charge is 0.320 e. The molecular formula is C25H31F2N3O. The standard InChI is InChI=1S/C25H31F2N3O/c1-25(2)23-16-28-15-21(30(23)24(31)29(25)3)5-4-6-22(17-7-11-19(26)12-8-17)18-9-13-20(27)14-10-18/h7-14,21-23,28H,4-6,15-16H2,1-3H3. The zero-order valence-electron chi connectivity index (χ0n) is 18.4. The zero-order valence-corrected chi connectivity index (χ0v) is 18.4. The fourth-order valence-corrected chi connectivity index (χ4v) is 5.08. The second-order valence-corrected chi connectivity index (χ2v) is 9.32. The Balaban J connectivity index is 1.48. The van der Waals surface area contributed by atoms with Crippen LogP contribution in [0.3, 0.4) is 0 Å². The molecule has 4 nitrogen and oxygen atoms in total. The van der Waals surface area contributed by atoms with Crippen LogP contribution in [0.4, 0.5) is 13.6 Å². The van der Waals surface area contributed by atoms with Crippen LogP contribution in [0.15, 0.2) is 48.5 Å². The molecule has 6 heteroatoms. The van der Waals surface area contributed by atoms with E-state index in [0.29, 0.717) is 0 Å². The van der Waals surface area contributed by atoms with Gasteiger partial charge in [-0.25, -0.2) is 13.6 Å². The summed E-state index contributed by atoms with van der Waals surface area (Å²) in [6.45, 7) is 5.86. The number of hydrogen-bond donors (Lipinski definition) is 1. The van der Waals surface area contributed by atoms with Crippen molar-refractivity contribution in [2.45, 2.75) is 56.7 Å². The van der Waals surface area contributed by atoms with Crippen molar-refractivity contribution in [3.05, 3.63) is 71.3 Å². The third-order valence-electron chi connectivity index (χ3n) is 7.21. The average molecular weight is 428 g/mol. The molecule has 2 heterocycles. The number of carbonyl (C=O) groups excluding carboxylic acids is 1. The summed E-state index contributed by atoms with van der Waals surface area (Å²) in [6, 6.07) is 13.6. The van der Waals surface area contributed by atoms with Crippen LogP contribution in [0.2, 0.25) is 0 Å². The number of nitrogens with zero attached hydrogens (tertiary/aromatic N) is 2. The molecule has 0 saturated carbocycles. The number of benzene rings is 2. The summed E-state index contributed by atoms with van der Waals surface area (Å²) in [7, 11) is 1.89. The highest BCUT2D eigenvalue weighted by molar-refractivity contribution is 5.79. The molecule has 4 rings (SSSR count). The summed E-state index contributed by atoms with van der Waals surface area (Å²) in [4.78, 5) is 16.9. The number of amides is 2. The first-order valence-corrected chi connectivity index (χ1v) is 11.1. The molecule has 2 aliphatic heterocycles. The van der Waals surface area contributed by atoms with Gasteiger partial charge in [-0.1, -0.05) is 30.7 Å². The van der Waals surface area contributed by atoms with Gasteiger partial charge in [0.1, 0.15) is 11.6 Å². The van der Waals surface area contributed by atoms with E-state index in [4.69, 9.17) is 0 Å². The number of rotatable bonds is 6. The van der Waals surface area contributed by atoms with Crippen LogP contribution in [0.5, 0.6) is 0 Å². The van der Waals surface area contributed by atoms with Crippen LogP contribution in [0.1, 0.15) is 50.2 Å². The second-order valence-electron chi connectivity index (χ2n) is 9.32. The molecule has 0 aromatic heterocycles. The second kappa shape index (κ2) is 8.58. The third-order valence-corrected chi connectivity index (χ3v) is 7.21. The Labute approximate surface area is 183 Å². The van der Waals surface area contributed by atoms with Crippen molar-refractivity contribution < 1.29 is 13.6 Å². The minimum Gasteiger partial charge on any atom is -0.320 e. The number of piperazine rings is 1. The number of hydrogen-bond acceptors (Lipinski definition) is 2. The lowest BCUT2D eigenvalue weighted by atomic mass is 9.86. The summed E-state index contributed by atoms with van der Waals surface area (Å²) in [6.07, 6.45) is 2.64. The maximum Gasteiger partial charge on any atom is 0.320 e. The van der Waals surface area contributed by atoms with Gasteiger partial charge in [-0.2, -0.15) is 0 Å².